The lowest BCUT2D eigenvalue weighted by atomic mass is 10.1. The Labute approximate surface area is 172 Å². The van der Waals surface area contributed by atoms with Gasteiger partial charge in [-0.3, -0.25) is 9.59 Å². The van der Waals surface area contributed by atoms with E-state index < -0.39 is 11.7 Å². The number of amides is 1. The molecule has 4 rings (SSSR count). The lowest BCUT2D eigenvalue weighted by molar-refractivity contribution is -0.117. The summed E-state index contributed by atoms with van der Waals surface area (Å²) in [5.74, 6) is -0.255. The van der Waals surface area contributed by atoms with Crippen molar-refractivity contribution in [2.24, 2.45) is 0 Å². The highest BCUT2D eigenvalue weighted by Gasteiger charge is 2.20. The van der Waals surface area contributed by atoms with Crippen LogP contribution >= 0.6 is 0 Å². The fraction of sp³-hybridized carbons (Fsp3) is 0.227. The molecule has 0 aliphatic carbocycles. The van der Waals surface area contributed by atoms with Crippen molar-refractivity contribution in [2.75, 3.05) is 23.9 Å². The molecule has 30 heavy (non-hydrogen) atoms. The van der Waals surface area contributed by atoms with Crippen LogP contribution in [0.5, 0.6) is 5.75 Å². The van der Waals surface area contributed by atoms with E-state index in [-0.39, 0.29) is 17.8 Å². The third-order valence-corrected chi connectivity index (χ3v) is 5.02. The van der Waals surface area contributed by atoms with Gasteiger partial charge in [0, 0.05) is 36.8 Å². The monoisotopic (exact) mass is 408 g/mol. The first-order valence-corrected chi connectivity index (χ1v) is 9.57. The van der Waals surface area contributed by atoms with E-state index in [0.29, 0.717) is 13.0 Å². The van der Waals surface area contributed by atoms with Crippen molar-refractivity contribution in [1.82, 2.24) is 9.78 Å². The van der Waals surface area contributed by atoms with Crippen molar-refractivity contribution in [1.29, 1.82) is 0 Å². The molecule has 2 heterocycles. The number of hydrogen-bond acceptors (Lipinski definition) is 5. The molecule has 0 fully saturated rings. The number of rotatable bonds is 5. The van der Waals surface area contributed by atoms with Gasteiger partial charge in [0.15, 0.2) is 0 Å². The molecule has 1 aliphatic rings. The van der Waals surface area contributed by atoms with Crippen LogP contribution in [0.15, 0.2) is 59.4 Å². The Hall–Kier alpha value is -3.68. The summed E-state index contributed by atoms with van der Waals surface area (Å²) in [7, 11) is 1.62. The van der Waals surface area contributed by atoms with Crippen LogP contribution < -0.4 is 20.5 Å². The van der Waals surface area contributed by atoms with Crippen LogP contribution in [0.1, 0.15) is 11.3 Å². The van der Waals surface area contributed by atoms with Gasteiger partial charge in [0.1, 0.15) is 18.1 Å². The Bertz CT molecular complexity index is 1130. The van der Waals surface area contributed by atoms with Gasteiger partial charge >= 0.3 is 0 Å². The van der Waals surface area contributed by atoms with Crippen molar-refractivity contribution in [3.8, 4) is 5.75 Å². The number of carbonyl (C=O) groups excluding carboxylic acids is 1. The standard InChI is InChI=1S/C22H21FN4O3/c1-30-17-8-6-16(7-9-17)26-11-10-19-15(13-26)12-22(29)27(25-19)14-21(28)24-20-5-3-2-4-18(20)23/h2-9,12H,10-11,13-14H2,1H3,(H,24,28). The van der Waals surface area contributed by atoms with Gasteiger partial charge in [-0.25, -0.2) is 9.07 Å². The van der Waals surface area contributed by atoms with Crippen LogP contribution in [0, 0.1) is 5.82 Å². The molecule has 0 unspecified atom stereocenters. The van der Waals surface area contributed by atoms with E-state index in [4.69, 9.17) is 4.74 Å². The van der Waals surface area contributed by atoms with Crippen molar-refractivity contribution in [3.05, 3.63) is 82.0 Å². The predicted molar refractivity (Wildman–Crippen MR) is 111 cm³/mol. The van der Waals surface area contributed by atoms with Crippen LogP contribution in [0.25, 0.3) is 0 Å². The van der Waals surface area contributed by atoms with Gasteiger partial charge in [-0.1, -0.05) is 12.1 Å². The molecule has 1 amide bonds. The van der Waals surface area contributed by atoms with E-state index in [0.717, 1.165) is 33.9 Å². The summed E-state index contributed by atoms with van der Waals surface area (Å²) in [6.07, 6.45) is 0.649. The maximum atomic E-state index is 13.7. The molecule has 0 saturated carbocycles. The van der Waals surface area contributed by atoms with E-state index in [1.165, 1.54) is 24.3 Å². The van der Waals surface area contributed by atoms with E-state index in [1.807, 2.05) is 24.3 Å². The Morgan fingerprint density at radius 3 is 2.70 bits per heavy atom. The minimum Gasteiger partial charge on any atom is -0.497 e. The molecule has 1 N–H and O–H groups in total. The zero-order chi connectivity index (χ0) is 21.1. The van der Waals surface area contributed by atoms with Gasteiger partial charge in [-0.05, 0) is 36.4 Å². The maximum Gasteiger partial charge on any atom is 0.267 e. The van der Waals surface area contributed by atoms with Crippen molar-refractivity contribution in [3.63, 3.8) is 0 Å². The van der Waals surface area contributed by atoms with Crippen LogP contribution in [-0.4, -0.2) is 29.3 Å². The number of fused-ring (bicyclic) bond motifs is 1. The first-order valence-electron chi connectivity index (χ1n) is 9.57. The lowest BCUT2D eigenvalue weighted by Gasteiger charge is -2.30. The molecule has 1 aliphatic heterocycles. The summed E-state index contributed by atoms with van der Waals surface area (Å²) in [4.78, 5) is 26.9. The Kier molecular flexibility index (Phi) is 5.47. The fourth-order valence-electron chi connectivity index (χ4n) is 3.45. The summed E-state index contributed by atoms with van der Waals surface area (Å²) >= 11 is 0. The number of para-hydroxylation sites is 1. The number of carbonyl (C=O) groups is 1. The largest absolute Gasteiger partial charge is 0.497 e. The normalized spacial score (nSPS) is 12.9. The number of nitrogens with zero attached hydrogens (tertiary/aromatic N) is 3. The van der Waals surface area contributed by atoms with Gasteiger partial charge < -0.3 is 15.0 Å². The van der Waals surface area contributed by atoms with Crippen LogP contribution in [0.2, 0.25) is 0 Å². The average Bonchev–Trinajstić information content (AvgIpc) is 2.75. The number of benzene rings is 2. The van der Waals surface area contributed by atoms with Crippen LogP contribution in [0.3, 0.4) is 0 Å². The molecule has 3 aromatic rings. The van der Waals surface area contributed by atoms with E-state index in [9.17, 15) is 14.0 Å². The van der Waals surface area contributed by atoms with E-state index >= 15 is 0 Å². The molecule has 0 atom stereocenters. The number of aromatic nitrogens is 2. The first-order chi connectivity index (χ1) is 14.5. The summed E-state index contributed by atoms with van der Waals surface area (Å²) in [5.41, 5.74) is 2.37. The fourth-order valence-corrected chi connectivity index (χ4v) is 3.45. The number of anilines is 2. The first kappa shape index (κ1) is 19.6. The zero-order valence-corrected chi connectivity index (χ0v) is 16.5. The maximum absolute atomic E-state index is 13.7. The van der Waals surface area contributed by atoms with Gasteiger partial charge in [0.2, 0.25) is 5.91 Å². The Morgan fingerprint density at radius 2 is 1.97 bits per heavy atom. The number of hydrogen-bond donors (Lipinski definition) is 1. The second kappa shape index (κ2) is 8.36. The highest BCUT2D eigenvalue weighted by atomic mass is 19.1. The molecule has 2 aromatic carbocycles. The topological polar surface area (TPSA) is 76.5 Å². The van der Waals surface area contributed by atoms with Gasteiger partial charge in [-0.15, -0.1) is 0 Å². The molecule has 0 spiro atoms. The minimum absolute atomic E-state index is 0.0728. The highest BCUT2D eigenvalue weighted by molar-refractivity contribution is 5.90. The molecule has 7 nitrogen and oxygen atoms in total. The van der Waals surface area contributed by atoms with E-state index in [2.05, 4.69) is 15.3 Å². The number of methoxy groups -OCH3 is 1. The van der Waals surface area contributed by atoms with Gasteiger partial charge in [0.25, 0.3) is 5.56 Å². The molecule has 8 heteroatoms. The van der Waals surface area contributed by atoms with E-state index in [1.54, 1.807) is 13.2 Å². The number of halogens is 1. The van der Waals surface area contributed by atoms with Crippen molar-refractivity contribution < 1.29 is 13.9 Å². The highest BCUT2D eigenvalue weighted by Crippen LogP contribution is 2.24. The van der Waals surface area contributed by atoms with Gasteiger partial charge in [0.05, 0.1) is 18.5 Å². The van der Waals surface area contributed by atoms with Crippen LogP contribution in [-0.2, 0) is 24.3 Å². The summed E-state index contributed by atoms with van der Waals surface area (Å²) in [6.45, 7) is 1.03. The molecule has 0 saturated heterocycles. The third-order valence-electron chi connectivity index (χ3n) is 5.02. The second-order valence-electron chi connectivity index (χ2n) is 7.01. The van der Waals surface area contributed by atoms with Crippen LogP contribution in [0.4, 0.5) is 15.8 Å². The average molecular weight is 408 g/mol. The molecular formula is C22H21FN4O3. The molecule has 1 aromatic heterocycles. The number of nitrogens with one attached hydrogen (secondary N) is 1. The third kappa shape index (κ3) is 4.17. The summed E-state index contributed by atoms with van der Waals surface area (Å²) in [5, 5.41) is 6.85. The summed E-state index contributed by atoms with van der Waals surface area (Å²) in [6, 6.07) is 15.2. The molecular weight excluding hydrogens is 387 g/mol. The molecule has 154 valence electrons. The minimum atomic E-state index is -0.532. The predicted octanol–water partition coefficient (Wildman–Crippen LogP) is 2.59. The smallest absolute Gasteiger partial charge is 0.267 e. The van der Waals surface area contributed by atoms with Gasteiger partial charge in [-0.2, -0.15) is 5.10 Å². The second-order valence-corrected chi connectivity index (χ2v) is 7.01. The number of ether oxygens (including phenoxy) is 1. The Morgan fingerprint density at radius 1 is 1.20 bits per heavy atom. The van der Waals surface area contributed by atoms with Crippen molar-refractivity contribution in [2.45, 2.75) is 19.5 Å². The molecule has 0 bridgehead atoms. The quantitative estimate of drug-likeness (QED) is 0.702. The zero-order valence-electron chi connectivity index (χ0n) is 16.5. The SMILES string of the molecule is COc1ccc(N2CCc3nn(CC(=O)Nc4ccccc4F)c(=O)cc3C2)cc1. The summed E-state index contributed by atoms with van der Waals surface area (Å²) < 4.78 is 20.0. The lowest BCUT2D eigenvalue weighted by Crippen LogP contribution is -2.36. The molecule has 0 radical (unpaired) electrons. The Balaban J connectivity index is 1.48. The van der Waals surface area contributed by atoms with Crippen molar-refractivity contribution >= 4 is 17.3 Å².